The second-order valence-corrected chi connectivity index (χ2v) is 6.92. The number of fused-ring (bicyclic) bond motifs is 1. The van der Waals surface area contributed by atoms with Gasteiger partial charge in [0.1, 0.15) is 23.7 Å². The van der Waals surface area contributed by atoms with Crippen molar-refractivity contribution in [1.29, 1.82) is 0 Å². The standard InChI is InChI=1S/C23H27FN4O2/c1-3-25-23(28-15-21-16(2)19-6-4-5-7-20(19)30-21)27-13-12-26-22(29)14-17-8-10-18(24)11-9-17/h4-11H,3,12-15H2,1-2H3,(H,26,29)(H2,25,27,28). The highest BCUT2D eigenvalue weighted by molar-refractivity contribution is 5.83. The molecule has 0 saturated heterocycles. The van der Waals surface area contributed by atoms with Crippen LogP contribution in [0.4, 0.5) is 4.39 Å². The number of halogens is 1. The van der Waals surface area contributed by atoms with Crippen LogP contribution in [0, 0.1) is 12.7 Å². The summed E-state index contributed by atoms with van der Waals surface area (Å²) in [6, 6.07) is 13.9. The minimum atomic E-state index is -0.309. The molecule has 0 atom stereocenters. The van der Waals surface area contributed by atoms with E-state index in [1.165, 1.54) is 12.1 Å². The maximum absolute atomic E-state index is 12.9. The molecule has 30 heavy (non-hydrogen) atoms. The monoisotopic (exact) mass is 410 g/mol. The lowest BCUT2D eigenvalue weighted by molar-refractivity contribution is -0.120. The van der Waals surface area contributed by atoms with Crippen molar-refractivity contribution in [3.05, 3.63) is 71.2 Å². The average Bonchev–Trinajstić information content (AvgIpc) is 3.07. The van der Waals surface area contributed by atoms with Crippen molar-refractivity contribution in [3.63, 3.8) is 0 Å². The Balaban J connectivity index is 1.48. The largest absolute Gasteiger partial charge is 0.459 e. The molecule has 2 aromatic carbocycles. The van der Waals surface area contributed by atoms with Crippen molar-refractivity contribution in [2.24, 2.45) is 4.99 Å². The summed E-state index contributed by atoms with van der Waals surface area (Å²) >= 11 is 0. The van der Waals surface area contributed by atoms with Crippen molar-refractivity contribution >= 4 is 22.8 Å². The summed E-state index contributed by atoms with van der Waals surface area (Å²) in [5, 5.41) is 10.3. The number of aliphatic imine (C=N–C) groups is 1. The van der Waals surface area contributed by atoms with Crippen LogP contribution < -0.4 is 16.0 Å². The van der Waals surface area contributed by atoms with E-state index in [0.29, 0.717) is 25.6 Å². The summed E-state index contributed by atoms with van der Waals surface area (Å²) in [7, 11) is 0. The van der Waals surface area contributed by atoms with Crippen LogP contribution in [0.2, 0.25) is 0 Å². The number of carbonyl (C=O) groups is 1. The number of amides is 1. The molecule has 3 N–H and O–H groups in total. The first kappa shape index (κ1) is 21.4. The van der Waals surface area contributed by atoms with Gasteiger partial charge in [-0.05, 0) is 37.6 Å². The fourth-order valence-corrected chi connectivity index (χ4v) is 3.10. The molecule has 0 bridgehead atoms. The summed E-state index contributed by atoms with van der Waals surface area (Å²) in [4.78, 5) is 16.6. The second-order valence-electron chi connectivity index (χ2n) is 6.92. The Morgan fingerprint density at radius 3 is 2.50 bits per heavy atom. The van der Waals surface area contributed by atoms with Gasteiger partial charge in [-0.15, -0.1) is 0 Å². The Morgan fingerprint density at radius 1 is 1.03 bits per heavy atom. The van der Waals surface area contributed by atoms with E-state index in [1.807, 2.05) is 38.1 Å². The van der Waals surface area contributed by atoms with Gasteiger partial charge >= 0.3 is 0 Å². The molecule has 3 aromatic rings. The van der Waals surface area contributed by atoms with Gasteiger partial charge in [-0.25, -0.2) is 9.38 Å². The first-order valence-corrected chi connectivity index (χ1v) is 10.1. The predicted molar refractivity (Wildman–Crippen MR) is 117 cm³/mol. The number of guanidine groups is 1. The number of carbonyl (C=O) groups excluding carboxylic acids is 1. The summed E-state index contributed by atoms with van der Waals surface area (Å²) in [6.07, 6.45) is 0.222. The zero-order chi connectivity index (χ0) is 21.3. The Hall–Kier alpha value is -3.35. The molecule has 0 radical (unpaired) electrons. The smallest absolute Gasteiger partial charge is 0.224 e. The zero-order valence-corrected chi connectivity index (χ0v) is 17.3. The zero-order valence-electron chi connectivity index (χ0n) is 17.3. The highest BCUT2D eigenvalue weighted by Crippen LogP contribution is 2.25. The fraction of sp³-hybridized carbons (Fsp3) is 0.304. The first-order valence-electron chi connectivity index (χ1n) is 10.1. The Labute approximate surface area is 175 Å². The van der Waals surface area contributed by atoms with E-state index in [2.05, 4.69) is 20.9 Å². The third-order valence-electron chi connectivity index (χ3n) is 4.69. The number of para-hydroxylation sites is 1. The quantitative estimate of drug-likeness (QED) is 0.303. The topological polar surface area (TPSA) is 78.7 Å². The first-order chi connectivity index (χ1) is 14.6. The number of benzene rings is 2. The van der Waals surface area contributed by atoms with Gasteiger partial charge in [-0.1, -0.05) is 30.3 Å². The lowest BCUT2D eigenvalue weighted by atomic mass is 10.1. The molecule has 1 heterocycles. The van der Waals surface area contributed by atoms with Crippen molar-refractivity contribution in [2.75, 3.05) is 19.6 Å². The van der Waals surface area contributed by atoms with Crippen LogP contribution in [-0.4, -0.2) is 31.5 Å². The van der Waals surface area contributed by atoms with Crippen molar-refractivity contribution in [3.8, 4) is 0 Å². The van der Waals surface area contributed by atoms with Crippen molar-refractivity contribution in [1.82, 2.24) is 16.0 Å². The van der Waals surface area contributed by atoms with Gasteiger partial charge in [0.05, 0.1) is 6.42 Å². The molecule has 0 spiro atoms. The SMILES string of the molecule is CCNC(=NCc1oc2ccccc2c1C)NCCNC(=O)Cc1ccc(F)cc1. The van der Waals surface area contributed by atoms with E-state index >= 15 is 0 Å². The molecular weight excluding hydrogens is 383 g/mol. The summed E-state index contributed by atoms with van der Waals surface area (Å²) in [6.45, 7) is 6.16. The van der Waals surface area contributed by atoms with Crippen LogP contribution in [-0.2, 0) is 17.8 Å². The normalized spacial score (nSPS) is 11.5. The van der Waals surface area contributed by atoms with Gasteiger partial charge < -0.3 is 20.4 Å². The third-order valence-corrected chi connectivity index (χ3v) is 4.69. The van der Waals surface area contributed by atoms with E-state index in [1.54, 1.807) is 12.1 Å². The Kier molecular flexibility index (Phi) is 7.43. The minimum absolute atomic E-state index is 0.108. The van der Waals surface area contributed by atoms with E-state index in [4.69, 9.17) is 4.42 Å². The second kappa shape index (κ2) is 10.4. The minimum Gasteiger partial charge on any atom is -0.459 e. The molecule has 0 unspecified atom stereocenters. The molecule has 0 aliphatic carbocycles. The van der Waals surface area contributed by atoms with Crippen LogP contribution in [0.5, 0.6) is 0 Å². The maximum Gasteiger partial charge on any atom is 0.224 e. The van der Waals surface area contributed by atoms with Gasteiger partial charge in [0.25, 0.3) is 0 Å². The molecular formula is C23H27FN4O2. The van der Waals surface area contributed by atoms with Crippen LogP contribution in [0.3, 0.4) is 0 Å². The van der Waals surface area contributed by atoms with Crippen LogP contribution >= 0.6 is 0 Å². The highest BCUT2D eigenvalue weighted by Gasteiger charge is 2.09. The van der Waals surface area contributed by atoms with Crippen molar-refractivity contribution < 1.29 is 13.6 Å². The number of aryl methyl sites for hydroxylation is 1. The lowest BCUT2D eigenvalue weighted by Gasteiger charge is -2.12. The number of rotatable bonds is 8. The third kappa shape index (κ3) is 5.83. The molecule has 0 aliphatic rings. The molecule has 7 heteroatoms. The lowest BCUT2D eigenvalue weighted by Crippen LogP contribution is -2.41. The van der Waals surface area contributed by atoms with E-state index in [0.717, 1.165) is 34.4 Å². The number of nitrogens with one attached hydrogen (secondary N) is 3. The molecule has 1 aromatic heterocycles. The number of nitrogens with zero attached hydrogens (tertiary/aromatic N) is 1. The molecule has 6 nitrogen and oxygen atoms in total. The summed E-state index contributed by atoms with van der Waals surface area (Å²) in [5.41, 5.74) is 2.73. The van der Waals surface area contributed by atoms with Crippen molar-refractivity contribution in [2.45, 2.75) is 26.8 Å². The number of hydrogen-bond acceptors (Lipinski definition) is 3. The van der Waals surface area contributed by atoms with E-state index < -0.39 is 0 Å². The summed E-state index contributed by atoms with van der Waals surface area (Å²) in [5.74, 6) is 1.07. The van der Waals surface area contributed by atoms with E-state index in [-0.39, 0.29) is 18.1 Å². The van der Waals surface area contributed by atoms with Gasteiger partial charge in [-0.3, -0.25) is 4.79 Å². The fourth-order valence-electron chi connectivity index (χ4n) is 3.10. The number of hydrogen-bond donors (Lipinski definition) is 3. The summed E-state index contributed by atoms with van der Waals surface area (Å²) < 4.78 is 18.8. The van der Waals surface area contributed by atoms with E-state index in [9.17, 15) is 9.18 Å². The Bertz CT molecular complexity index is 1010. The maximum atomic E-state index is 12.9. The number of furan rings is 1. The van der Waals surface area contributed by atoms with Crippen LogP contribution in [0.25, 0.3) is 11.0 Å². The Morgan fingerprint density at radius 2 is 1.77 bits per heavy atom. The van der Waals surface area contributed by atoms with Crippen LogP contribution in [0.15, 0.2) is 57.9 Å². The van der Waals surface area contributed by atoms with Crippen LogP contribution in [0.1, 0.15) is 23.8 Å². The molecule has 0 saturated carbocycles. The van der Waals surface area contributed by atoms with Gasteiger partial charge in [0, 0.05) is 30.6 Å². The molecule has 1 amide bonds. The average molecular weight is 410 g/mol. The van der Waals surface area contributed by atoms with Gasteiger partial charge in [-0.2, -0.15) is 0 Å². The highest BCUT2D eigenvalue weighted by atomic mass is 19.1. The molecule has 0 fully saturated rings. The molecule has 3 rings (SSSR count). The molecule has 158 valence electrons. The predicted octanol–water partition coefficient (Wildman–Crippen LogP) is 3.29. The van der Waals surface area contributed by atoms with Gasteiger partial charge in [0.15, 0.2) is 5.96 Å². The molecule has 0 aliphatic heterocycles. The van der Waals surface area contributed by atoms with Gasteiger partial charge in [0.2, 0.25) is 5.91 Å².